The lowest BCUT2D eigenvalue weighted by atomic mass is 10.2. The first kappa shape index (κ1) is 15.3. The minimum absolute atomic E-state index is 0.0383. The summed E-state index contributed by atoms with van der Waals surface area (Å²) < 4.78 is 24.9. The van der Waals surface area contributed by atoms with Gasteiger partial charge in [0, 0.05) is 11.9 Å². The first-order chi connectivity index (χ1) is 9.80. The van der Waals surface area contributed by atoms with Crippen LogP contribution in [0.4, 0.5) is 11.4 Å². The molecule has 0 atom stereocenters. The van der Waals surface area contributed by atoms with Crippen LogP contribution in [-0.4, -0.2) is 14.3 Å². The number of amides is 1. The van der Waals surface area contributed by atoms with Crippen molar-refractivity contribution in [2.75, 3.05) is 11.1 Å². The van der Waals surface area contributed by atoms with Crippen molar-refractivity contribution >= 4 is 38.7 Å². The predicted octanol–water partition coefficient (Wildman–Crippen LogP) is 2.71. The van der Waals surface area contributed by atoms with Gasteiger partial charge in [0.25, 0.3) is 0 Å². The number of sulfone groups is 1. The van der Waals surface area contributed by atoms with Gasteiger partial charge in [0.2, 0.25) is 15.7 Å². The molecule has 0 saturated heterocycles. The highest BCUT2D eigenvalue weighted by Gasteiger charge is 2.19. The number of benzene rings is 2. The maximum Gasteiger partial charge on any atom is 0.221 e. The van der Waals surface area contributed by atoms with Crippen LogP contribution < -0.4 is 11.1 Å². The van der Waals surface area contributed by atoms with E-state index in [0.717, 1.165) is 0 Å². The summed E-state index contributed by atoms with van der Waals surface area (Å²) in [5, 5.41) is 2.85. The number of nitrogen functional groups attached to an aromatic ring is 1. The lowest BCUT2D eigenvalue weighted by Crippen LogP contribution is -2.09. The van der Waals surface area contributed by atoms with Crippen molar-refractivity contribution < 1.29 is 13.2 Å². The molecule has 3 N–H and O–H groups in total. The van der Waals surface area contributed by atoms with Gasteiger partial charge >= 0.3 is 0 Å². The molecule has 7 heteroatoms. The zero-order chi connectivity index (χ0) is 15.6. The van der Waals surface area contributed by atoms with E-state index < -0.39 is 9.84 Å². The van der Waals surface area contributed by atoms with Crippen LogP contribution in [-0.2, 0) is 14.6 Å². The molecule has 2 rings (SSSR count). The molecule has 2 aromatic rings. The number of carbonyl (C=O) groups is 1. The van der Waals surface area contributed by atoms with Crippen LogP contribution in [0.3, 0.4) is 0 Å². The molecular formula is C14H13ClN2O3S. The van der Waals surface area contributed by atoms with Crippen LogP contribution in [0.5, 0.6) is 0 Å². The molecular weight excluding hydrogens is 312 g/mol. The van der Waals surface area contributed by atoms with Crippen LogP contribution >= 0.6 is 11.6 Å². The Morgan fingerprint density at radius 3 is 2.38 bits per heavy atom. The average molecular weight is 325 g/mol. The highest BCUT2D eigenvalue weighted by atomic mass is 35.5. The Bertz CT molecular complexity index is 804. The summed E-state index contributed by atoms with van der Waals surface area (Å²) in [7, 11) is -3.71. The molecule has 0 radical (unpaired) electrons. The quantitative estimate of drug-likeness (QED) is 0.849. The minimum Gasteiger partial charge on any atom is -0.397 e. The van der Waals surface area contributed by atoms with Gasteiger partial charge in [-0.1, -0.05) is 17.7 Å². The van der Waals surface area contributed by atoms with Crippen LogP contribution in [0.1, 0.15) is 6.92 Å². The summed E-state index contributed by atoms with van der Waals surface area (Å²) in [4.78, 5) is 11.1. The number of anilines is 2. The van der Waals surface area contributed by atoms with Gasteiger partial charge in [-0.05, 0) is 36.4 Å². The number of halogens is 1. The molecule has 0 aliphatic heterocycles. The summed E-state index contributed by atoms with van der Waals surface area (Å²) >= 11 is 5.82. The zero-order valence-corrected chi connectivity index (χ0v) is 12.7. The van der Waals surface area contributed by atoms with Crippen molar-refractivity contribution in [1.82, 2.24) is 0 Å². The van der Waals surface area contributed by atoms with Gasteiger partial charge in [-0.2, -0.15) is 0 Å². The van der Waals surface area contributed by atoms with Gasteiger partial charge < -0.3 is 11.1 Å². The first-order valence-electron chi connectivity index (χ1n) is 5.98. The zero-order valence-electron chi connectivity index (χ0n) is 11.1. The van der Waals surface area contributed by atoms with Gasteiger partial charge in [-0.25, -0.2) is 8.42 Å². The molecule has 5 nitrogen and oxygen atoms in total. The summed E-state index contributed by atoms with van der Waals surface area (Å²) in [5.41, 5.74) is 6.31. The van der Waals surface area contributed by atoms with Gasteiger partial charge in [-0.15, -0.1) is 0 Å². The molecule has 0 bridgehead atoms. The van der Waals surface area contributed by atoms with Gasteiger partial charge in [0.1, 0.15) is 0 Å². The Morgan fingerprint density at radius 2 is 1.81 bits per heavy atom. The number of carbonyl (C=O) groups excluding carboxylic acids is 1. The SMILES string of the molecule is CC(=O)Nc1ccc(S(=O)(=O)c2cccc(Cl)c2)cc1N. The Morgan fingerprint density at radius 1 is 1.14 bits per heavy atom. The lowest BCUT2D eigenvalue weighted by molar-refractivity contribution is -0.114. The Kier molecular flexibility index (Phi) is 4.20. The molecule has 110 valence electrons. The molecule has 0 unspecified atom stereocenters. The summed E-state index contributed by atoms with van der Waals surface area (Å²) in [6.07, 6.45) is 0. The molecule has 0 spiro atoms. The van der Waals surface area contributed by atoms with Crippen molar-refractivity contribution in [2.45, 2.75) is 16.7 Å². The minimum atomic E-state index is -3.71. The topological polar surface area (TPSA) is 89.3 Å². The number of hydrogen-bond donors (Lipinski definition) is 2. The van der Waals surface area contributed by atoms with E-state index in [2.05, 4.69) is 5.32 Å². The highest BCUT2D eigenvalue weighted by Crippen LogP contribution is 2.28. The summed E-state index contributed by atoms with van der Waals surface area (Å²) in [6, 6.07) is 10.1. The number of nitrogens with one attached hydrogen (secondary N) is 1. The molecule has 0 saturated carbocycles. The molecule has 2 aromatic carbocycles. The van der Waals surface area contributed by atoms with E-state index in [9.17, 15) is 13.2 Å². The molecule has 21 heavy (non-hydrogen) atoms. The number of rotatable bonds is 3. The van der Waals surface area contributed by atoms with Crippen LogP contribution in [0.15, 0.2) is 52.3 Å². The van der Waals surface area contributed by atoms with E-state index in [0.29, 0.717) is 10.7 Å². The standard InChI is InChI=1S/C14H13ClN2O3S/c1-9(18)17-14-6-5-12(8-13(14)16)21(19,20)11-4-2-3-10(15)7-11/h2-8H,16H2,1H3,(H,17,18). The van der Waals surface area contributed by atoms with E-state index in [4.69, 9.17) is 17.3 Å². The van der Waals surface area contributed by atoms with Crippen LogP contribution in [0.25, 0.3) is 0 Å². The maximum atomic E-state index is 12.5. The van der Waals surface area contributed by atoms with Crippen molar-refractivity contribution in [1.29, 1.82) is 0 Å². The lowest BCUT2D eigenvalue weighted by Gasteiger charge is -2.09. The summed E-state index contributed by atoms with van der Waals surface area (Å²) in [5.74, 6) is -0.285. The predicted molar refractivity (Wildman–Crippen MR) is 82.1 cm³/mol. The second kappa shape index (κ2) is 5.75. The van der Waals surface area contributed by atoms with Gasteiger partial charge in [0.15, 0.2) is 0 Å². The van der Waals surface area contributed by atoms with Crippen LogP contribution in [0.2, 0.25) is 5.02 Å². The monoisotopic (exact) mass is 324 g/mol. The normalized spacial score (nSPS) is 11.1. The second-order valence-electron chi connectivity index (χ2n) is 4.39. The highest BCUT2D eigenvalue weighted by molar-refractivity contribution is 7.91. The summed E-state index contributed by atoms with van der Waals surface area (Å²) in [6.45, 7) is 1.34. The van der Waals surface area contributed by atoms with Crippen molar-refractivity contribution in [2.24, 2.45) is 0 Å². The van der Waals surface area contributed by atoms with Crippen molar-refractivity contribution in [3.8, 4) is 0 Å². The Balaban J connectivity index is 2.46. The van der Waals surface area contributed by atoms with E-state index in [1.54, 1.807) is 12.1 Å². The smallest absolute Gasteiger partial charge is 0.221 e. The third kappa shape index (κ3) is 3.34. The fourth-order valence-corrected chi connectivity index (χ4v) is 3.38. The maximum absolute atomic E-state index is 12.5. The van der Waals surface area contributed by atoms with E-state index in [-0.39, 0.29) is 21.4 Å². The molecule has 0 aliphatic rings. The van der Waals surface area contributed by atoms with Crippen LogP contribution in [0, 0.1) is 0 Å². The molecule has 0 aliphatic carbocycles. The van der Waals surface area contributed by atoms with Crippen molar-refractivity contribution in [3.63, 3.8) is 0 Å². The fourth-order valence-electron chi connectivity index (χ4n) is 1.78. The second-order valence-corrected chi connectivity index (χ2v) is 6.78. The molecule has 0 aromatic heterocycles. The first-order valence-corrected chi connectivity index (χ1v) is 7.84. The van der Waals surface area contributed by atoms with Gasteiger partial charge in [0.05, 0.1) is 21.2 Å². The molecule has 0 heterocycles. The van der Waals surface area contributed by atoms with Crippen molar-refractivity contribution in [3.05, 3.63) is 47.5 Å². The Hall–Kier alpha value is -2.05. The fraction of sp³-hybridized carbons (Fsp3) is 0.0714. The van der Waals surface area contributed by atoms with Gasteiger partial charge in [-0.3, -0.25) is 4.79 Å². The average Bonchev–Trinajstić information content (AvgIpc) is 2.40. The van der Waals surface area contributed by atoms with E-state index >= 15 is 0 Å². The number of nitrogens with two attached hydrogens (primary N) is 1. The van der Waals surface area contributed by atoms with E-state index in [1.807, 2.05) is 0 Å². The third-order valence-electron chi connectivity index (χ3n) is 2.75. The van der Waals surface area contributed by atoms with E-state index in [1.165, 1.54) is 37.3 Å². The third-order valence-corrected chi connectivity index (χ3v) is 4.73. The molecule has 1 amide bonds. The Labute approximate surface area is 127 Å². The number of hydrogen-bond acceptors (Lipinski definition) is 4. The molecule has 0 fully saturated rings. The largest absolute Gasteiger partial charge is 0.397 e.